The van der Waals surface area contributed by atoms with E-state index in [0.717, 1.165) is 23.6 Å². The van der Waals surface area contributed by atoms with Gasteiger partial charge in [0.15, 0.2) is 11.2 Å². The van der Waals surface area contributed by atoms with Crippen LogP contribution in [-0.4, -0.2) is 10.1 Å². The van der Waals surface area contributed by atoms with E-state index in [1.54, 1.807) is 6.07 Å². The highest BCUT2D eigenvalue weighted by atomic mass is 16.3. The summed E-state index contributed by atoms with van der Waals surface area (Å²) < 4.78 is 0. The highest BCUT2D eigenvalue weighted by molar-refractivity contribution is 5.82. The number of benzene rings is 1. The molecule has 4 nitrogen and oxygen atoms in total. The predicted molar refractivity (Wildman–Crippen MR) is 71.3 cm³/mol. The maximum atomic E-state index is 12.0. The first-order valence-electron chi connectivity index (χ1n) is 5.99. The largest absolute Gasteiger partial charge is 0.503 e. The number of nitrogens with one attached hydrogen (secondary N) is 1. The molecule has 18 heavy (non-hydrogen) atoms. The van der Waals surface area contributed by atoms with E-state index in [4.69, 9.17) is 0 Å². The summed E-state index contributed by atoms with van der Waals surface area (Å²) in [6.07, 6.45) is 1.52. The van der Waals surface area contributed by atoms with Gasteiger partial charge in [0, 0.05) is 11.5 Å². The number of hydrogen-bond acceptors (Lipinski definition) is 3. The fourth-order valence-corrected chi connectivity index (χ4v) is 2.09. The molecule has 0 saturated heterocycles. The van der Waals surface area contributed by atoms with Crippen molar-refractivity contribution in [1.82, 2.24) is 4.98 Å². The third-order valence-corrected chi connectivity index (χ3v) is 3.06. The third-order valence-electron chi connectivity index (χ3n) is 3.06. The molecule has 2 rings (SSSR count). The standard InChI is InChI=1S/C14H15NO3/c1-3-8-5-9(4-2)13-10(6-8)15-14(18)12(17)7-11(13)16/h5-7,17H,3-4H2,1-2H3,(H,15,18). The van der Waals surface area contributed by atoms with Crippen LogP contribution in [-0.2, 0) is 12.8 Å². The summed E-state index contributed by atoms with van der Waals surface area (Å²) in [5.74, 6) is -0.545. The highest BCUT2D eigenvalue weighted by Gasteiger charge is 2.08. The molecule has 0 bridgehead atoms. The molecule has 0 aliphatic heterocycles. The highest BCUT2D eigenvalue weighted by Crippen LogP contribution is 2.17. The van der Waals surface area contributed by atoms with E-state index >= 15 is 0 Å². The molecule has 0 atom stereocenters. The van der Waals surface area contributed by atoms with Crippen molar-refractivity contribution in [1.29, 1.82) is 0 Å². The Balaban J connectivity index is 3.06. The lowest BCUT2D eigenvalue weighted by Gasteiger charge is -2.04. The van der Waals surface area contributed by atoms with Crippen LogP contribution < -0.4 is 11.0 Å². The summed E-state index contributed by atoms with van der Waals surface area (Å²) in [6, 6.07) is 4.74. The molecule has 0 fully saturated rings. The predicted octanol–water partition coefficient (Wildman–Crippen LogP) is 1.72. The Bertz CT molecular complexity index is 716. The number of aryl methyl sites for hydroxylation is 2. The van der Waals surface area contributed by atoms with E-state index in [1.807, 2.05) is 19.9 Å². The van der Waals surface area contributed by atoms with Crippen molar-refractivity contribution < 1.29 is 5.11 Å². The van der Waals surface area contributed by atoms with Crippen LogP contribution in [0.1, 0.15) is 25.0 Å². The number of hydrogen-bond donors (Lipinski definition) is 2. The number of aromatic hydroxyl groups is 1. The van der Waals surface area contributed by atoms with Gasteiger partial charge in [-0.15, -0.1) is 0 Å². The van der Waals surface area contributed by atoms with Gasteiger partial charge in [0.1, 0.15) is 0 Å². The average molecular weight is 245 g/mol. The number of fused-ring (bicyclic) bond motifs is 1. The molecule has 0 unspecified atom stereocenters. The summed E-state index contributed by atoms with van der Waals surface area (Å²) in [5, 5.41) is 9.90. The molecule has 2 N–H and O–H groups in total. The zero-order valence-corrected chi connectivity index (χ0v) is 10.4. The van der Waals surface area contributed by atoms with E-state index in [1.165, 1.54) is 0 Å². The molecule has 0 aliphatic rings. The molecule has 0 radical (unpaired) electrons. The van der Waals surface area contributed by atoms with Gasteiger partial charge >= 0.3 is 0 Å². The van der Waals surface area contributed by atoms with Crippen LogP contribution in [0.15, 0.2) is 27.8 Å². The van der Waals surface area contributed by atoms with Crippen molar-refractivity contribution in [2.24, 2.45) is 0 Å². The van der Waals surface area contributed by atoms with Gasteiger partial charge in [0.2, 0.25) is 0 Å². The van der Waals surface area contributed by atoms with Crippen molar-refractivity contribution in [2.75, 3.05) is 0 Å². The minimum atomic E-state index is -0.641. The Kier molecular flexibility index (Phi) is 3.19. The van der Waals surface area contributed by atoms with Crippen molar-refractivity contribution in [2.45, 2.75) is 26.7 Å². The van der Waals surface area contributed by atoms with Gasteiger partial charge in [0.05, 0.1) is 5.52 Å². The summed E-state index contributed by atoms with van der Waals surface area (Å²) in [7, 11) is 0. The Morgan fingerprint density at radius 2 is 1.83 bits per heavy atom. The van der Waals surface area contributed by atoms with Gasteiger partial charge in [-0.05, 0) is 30.0 Å². The van der Waals surface area contributed by atoms with Crippen LogP contribution in [0.5, 0.6) is 5.75 Å². The molecule has 4 heteroatoms. The van der Waals surface area contributed by atoms with Crippen LogP contribution in [0, 0.1) is 0 Å². The molecule has 94 valence electrons. The maximum Gasteiger partial charge on any atom is 0.290 e. The van der Waals surface area contributed by atoms with E-state index in [9.17, 15) is 14.7 Å². The second-order valence-corrected chi connectivity index (χ2v) is 4.23. The van der Waals surface area contributed by atoms with Gasteiger partial charge in [-0.25, -0.2) is 0 Å². The number of rotatable bonds is 2. The van der Waals surface area contributed by atoms with Crippen molar-refractivity contribution in [3.8, 4) is 5.75 Å². The van der Waals surface area contributed by atoms with Crippen molar-refractivity contribution in [3.63, 3.8) is 0 Å². The van der Waals surface area contributed by atoms with E-state index in [2.05, 4.69) is 4.98 Å². The lowest BCUT2D eigenvalue weighted by molar-refractivity contribution is 0.468. The zero-order chi connectivity index (χ0) is 13.3. The zero-order valence-electron chi connectivity index (χ0n) is 10.4. The number of H-pyrrole nitrogens is 1. The smallest absolute Gasteiger partial charge is 0.290 e. The van der Waals surface area contributed by atoms with Gasteiger partial charge in [-0.2, -0.15) is 0 Å². The second-order valence-electron chi connectivity index (χ2n) is 4.23. The van der Waals surface area contributed by atoms with E-state index in [-0.39, 0.29) is 5.43 Å². The van der Waals surface area contributed by atoms with Gasteiger partial charge in [-0.1, -0.05) is 19.9 Å². The Morgan fingerprint density at radius 1 is 1.11 bits per heavy atom. The van der Waals surface area contributed by atoms with E-state index in [0.29, 0.717) is 17.3 Å². The maximum absolute atomic E-state index is 12.0. The molecule has 1 aromatic carbocycles. The summed E-state index contributed by atoms with van der Waals surface area (Å²) in [5.41, 5.74) is 1.46. The quantitative estimate of drug-likeness (QED) is 0.846. The van der Waals surface area contributed by atoms with E-state index < -0.39 is 11.3 Å². The monoisotopic (exact) mass is 245 g/mol. The molecule has 1 aromatic heterocycles. The molecule has 0 amide bonds. The molecule has 0 spiro atoms. The van der Waals surface area contributed by atoms with Crippen LogP contribution in [0.3, 0.4) is 0 Å². The second kappa shape index (κ2) is 4.64. The first-order valence-corrected chi connectivity index (χ1v) is 5.99. The van der Waals surface area contributed by atoms with Crippen LogP contribution in [0.25, 0.3) is 10.9 Å². The third kappa shape index (κ3) is 2.01. The Hall–Kier alpha value is -2.10. The summed E-state index contributed by atoms with van der Waals surface area (Å²) >= 11 is 0. The van der Waals surface area contributed by atoms with Crippen LogP contribution in [0.2, 0.25) is 0 Å². The SMILES string of the molecule is CCc1cc(CC)c2c(=O)cc(O)c(=O)[nH]c2c1. The number of aromatic nitrogens is 1. The molecule has 1 heterocycles. The van der Waals surface area contributed by atoms with Crippen molar-refractivity contribution in [3.05, 3.63) is 49.9 Å². The Morgan fingerprint density at radius 3 is 2.44 bits per heavy atom. The molecule has 2 aromatic rings. The first kappa shape index (κ1) is 12.4. The normalized spacial score (nSPS) is 10.8. The van der Waals surface area contributed by atoms with Gasteiger partial charge in [0.25, 0.3) is 5.56 Å². The van der Waals surface area contributed by atoms with Crippen LogP contribution in [0.4, 0.5) is 0 Å². The molecule has 0 aliphatic carbocycles. The minimum Gasteiger partial charge on any atom is -0.503 e. The van der Waals surface area contributed by atoms with Gasteiger partial charge < -0.3 is 10.1 Å². The summed E-state index contributed by atoms with van der Waals surface area (Å²) in [4.78, 5) is 26.1. The Labute approximate surface area is 104 Å². The lowest BCUT2D eigenvalue weighted by atomic mass is 10.0. The topological polar surface area (TPSA) is 70.2 Å². The van der Waals surface area contributed by atoms with Crippen LogP contribution >= 0.6 is 0 Å². The average Bonchev–Trinajstić information content (AvgIpc) is 2.46. The fraction of sp³-hybridized carbons (Fsp3) is 0.286. The first-order chi connectivity index (χ1) is 8.56. The minimum absolute atomic E-state index is 0.333. The lowest BCUT2D eigenvalue weighted by Crippen LogP contribution is -2.01. The van der Waals surface area contributed by atoms with Gasteiger partial charge in [-0.3, -0.25) is 9.59 Å². The van der Waals surface area contributed by atoms with Crippen molar-refractivity contribution >= 4 is 10.9 Å². The molecular weight excluding hydrogens is 230 g/mol. The molecular formula is C14H15NO3. The number of aromatic amines is 1. The summed E-state index contributed by atoms with van der Waals surface area (Å²) in [6.45, 7) is 3.97. The fourth-order valence-electron chi connectivity index (χ4n) is 2.09. The molecule has 0 saturated carbocycles.